The van der Waals surface area contributed by atoms with Crippen molar-refractivity contribution in [3.63, 3.8) is 0 Å². The van der Waals surface area contributed by atoms with E-state index in [0.29, 0.717) is 16.1 Å². The highest BCUT2D eigenvalue weighted by Gasteiger charge is 2.10. The molecular formula is C9H5ClN4O2. The average molecular weight is 237 g/mol. The largest absolute Gasteiger partial charge is 0.422 e. The van der Waals surface area contributed by atoms with Gasteiger partial charge in [-0.15, -0.1) is 5.10 Å². The number of benzene rings is 1. The molecule has 0 spiro atoms. The van der Waals surface area contributed by atoms with Crippen LogP contribution in [0.1, 0.15) is 0 Å². The molecule has 0 aliphatic rings. The summed E-state index contributed by atoms with van der Waals surface area (Å²) < 4.78 is 10.3. The van der Waals surface area contributed by atoms with Crippen LogP contribution in [0.25, 0.3) is 11.1 Å². The van der Waals surface area contributed by atoms with E-state index in [1.165, 1.54) is 6.39 Å². The van der Waals surface area contributed by atoms with E-state index in [1.54, 1.807) is 18.2 Å². The lowest BCUT2D eigenvalue weighted by Crippen LogP contribution is -1.89. The SMILES string of the molecule is Clc1cccc2nc(Nc3nnco3)oc12. The molecule has 3 rings (SSSR count). The normalized spacial score (nSPS) is 10.8. The van der Waals surface area contributed by atoms with Crippen molar-refractivity contribution in [1.82, 2.24) is 15.2 Å². The number of aromatic nitrogens is 3. The Morgan fingerprint density at radius 1 is 1.25 bits per heavy atom. The lowest BCUT2D eigenvalue weighted by molar-refractivity contribution is 0.559. The second-order valence-corrected chi connectivity index (χ2v) is 3.38. The zero-order chi connectivity index (χ0) is 11.0. The zero-order valence-corrected chi connectivity index (χ0v) is 8.60. The predicted molar refractivity (Wildman–Crippen MR) is 56.6 cm³/mol. The second-order valence-electron chi connectivity index (χ2n) is 2.98. The van der Waals surface area contributed by atoms with E-state index < -0.39 is 0 Å². The maximum Gasteiger partial charge on any atom is 0.323 e. The number of hydrogen-bond donors (Lipinski definition) is 1. The Labute approximate surface area is 94.2 Å². The first-order valence-electron chi connectivity index (χ1n) is 4.41. The van der Waals surface area contributed by atoms with E-state index in [4.69, 9.17) is 20.4 Å². The number of nitrogens with zero attached hydrogens (tertiary/aromatic N) is 3. The van der Waals surface area contributed by atoms with Crippen molar-refractivity contribution in [2.24, 2.45) is 0 Å². The number of nitrogens with one attached hydrogen (secondary N) is 1. The number of rotatable bonds is 2. The van der Waals surface area contributed by atoms with Crippen LogP contribution in [0.15, 0.2) is 33.4 Å². The van der Waals surface area contributed by atoms with Crippen molar-refractivity contribution in [1.29, 1.82) is 0 Å². The lowest BCUT2D eigenvalue weighted by atomic mass is 10.3. The summed E-state index contributed by atoms with van der Waals surface area (Å²) in [5.41, 5.74) is 1.18. The number of halogens is 1. The Hall–Kier alpha value is -2.08. The van der Waals surface area contributed by atoms with Crippen LogP contribution < -0.4 is 5.32 Å². The Bertz CT molecular complexity index is 620. The number of fused-ring (bicyclic) bond motifs is 1. The maximum atomic E-state index is 5.94. The van der Waals surface area contributed by atoms with Crippen LogP contribution in [-0.2, 0) is 0 Å². The summed E-state index contributed by atoms with van der Waals surface area (Å²) in [6.07, 6.45) is 1.21. The molecule has 0 amide bonds. The molecular weight excluding hydrogens is 232 g/mol. The van der Waals surface area contributed by atoms with Gasteiger partial charge in [-0.1, -0.05) is 22.8 Å². The molecule has 6 nitrogen and oxygen atoms in total. The fraction of sp³-hybridized carbons (Fsp3) is 0. The van der Waals surface area contributed by atoms with E-state index in [1.807, 2.05) is 0 Å². The summed E-state index contributed by atoms with van der Waals surface area (Å²) >= 11 is 5.94. The van der Waals surface area contributed by atoms with Gasteiger partial charge in [-0.05, 0) is 12.1 Å². The van der Waals surface area contributed by atoms with E-state index in [0.717, 1.165) is 0 Å². The molecule has 0 saturated heterocycles. The van der Waals surface area contributed by atoms with E-state index in [9.17, 15) is 0 Å². The number of oxazole rings is 1. The topological polar surface area (TPSA) is 77.0 Å². The summed E-state index contributed by atoms with van der Waals surface area (Å²) in [5.74, 6) is 0. The molecule has 16 heavy (non-hydrogen) atoms. The molecule has 2 heterocycles. The standard InChI is InChI=1S/C9H5ClN4O2/c10-5-2-1-3-6-7(5)16-8(12-6)13-9-14-11-4-15-9/h1-4H,(H,12,13,14). The third kappa shape index (κ3) is 1.49. The van der Waals surface area contributed by atoms with Gasteiger partial charge in [0.15, 0.2) is 5.58 Å². The zero-order valence-electron chi connectivity index (χ0n) is 7.85. The number of hydrogen-bond acceptors (Lipinski definition) is 6. The van der Waals surface area contributed by atoms with Gasteiger partial charge in [-0.2, -0.15) is 4.98 Å². The fourth-order valence-corrected chi connectivity index (χ4v) is 1.50. The van der Waals surface area contributed by atoms with E-state index in [2.05, 4.69) is 20.5 Å². The fourth-order valence-electron chi connectivity index (χ4n) is 1.29. The third-order valence-electron chi connectivity index (χ3n) is 1.94. The van der Waals surface area contributed by atoms with Crippen molar-refractivity contribution in [2.75, 3.05) is 5.32 Å². The molecule has 0 fully saturated rings. The minimum atomic E-state index is 0.211. The predicted octanol–water partition coefficient (Wildman–Crippen LogP) is 2.61. The summed E-state index contributed by atoms with van der Waals surface area (Å²) in [6, 6.07) is 5.79. The van der Waals surface area contributed by atoms with Crippen molar-refractivity contribution < 1.29 is 8.83 Å². The van der Waals surface area contributed by atoms with Crippen LogP contribution >= 0.6 is 11.6 Å². The lowest BCUT2D eigenvalue weighted by Gasteiger charge is -1.91. The Morgan fingerprint density at radius 3 is 2.94 bits per heavy atom. The van der Waals surface area contributed by atoms with Gasteiger partial charge in [0.25, 0.3) is 0 Å². The monoisotopic (exact) mass is 236 g/mol. The molecule has 2 aromatic heterocycles. The molecule has 0 atom stereocenters. The Balaban J connectivity index is 2.02. The molecule has 0 radical (unpaired) electrons. The van der Waals surface area contributed by atoms with E-state index in [-0.39, 0.29) is 12.0 Å². The molecule has 0 saturated carbocycles. The van der Waals surface area contributed by atoms with Gasteiger partial charge in [-0.3, -0.25) is 5.32 Å². The maximum absolute atomic E-state index is 5.94. The van der Waals surface area contributed by atoms with Crippen LogP contribution in [0.2, 0.25) is 5.02 Å². The first kappa shape index (κ1) is 9.17. The molecule has 7 heteroatoms. The quantitative estimate of drug-likeness (QED) is 0.737. The summed E-state index contributed by atoms with van der Waals surface area (Å²) in [4.78, 5) is 4.16. The molecule has 80 valence electrons. The van der Waals surface area contributed by atoms with Gasteiger partial charge in [-0.25, -0.2) is 0 Å². The van der Waals surface area contributed by atoms with Crippen molar-refractivity contribution in [3.8, 4) is 0 Å². The highest BCUT2D eigenvalue weighted by Crippen LogP contribution is 2.26. The van der Waals surface area contributed by atoms with Crippen molar-refractivity contribution >= 4 is 34.7 Å². The number of para-hydroxylation sites is 1. The smallest absolute Gasteiger partial charge is 0.323 e. The Morgan fingerprint density at radius 2 is 2.19 bits per heavy atom. The van der Waals surface area contributed by atoms with Gasteiger partial charge in [0.2, 0.25) is 6.39 Å². The highest BCUT2D eigenvalue weighted by molar-refractivity contribution is 6.34. The van der Waals surface area contributed by atoms with Gasteiger partial charge < -0.3 is 8.83 Å². The van der Waals surface area contributed by atoms with Crippen molar-refractivity contribution in [2.45, 2.75) is 0 Å². The van der Waals surface area contributed by atoms with Crippen LogP contribution in [0.3, 0.4) is 0 Å². The minimum absolute atomic E-state index is 0.211. The molecule has 3 aromatic rings. The van der Waals surface area contributed by atoms with Gasteiger partial charge in [0.05, 0.1) is 5.02 Å². The molecule has 0 bridgehead atoms. The highest BCUT2D eigenvalue weighted by atomic mass is 35.5. The first-order chi connectivity index (χ1) is 7.83. The second kappa shape index (κ2) is 3.49. The number of anilines is 2. The van der Waals surface area contributed by atoms with Crippen LogP contribution in [0.4, 0.5) is 12.0 Å². The molecule has 1 N–H and O–H groups in total. The molecule has 0 aliphatic carbocycles. The summed E-state index contributed by atoms with van der Waals surface area (Å²) in [5, 5.41) is 10.4. The first-order valence-corrected chi connectivity index (χ1v) is 4.79. The van der Waals surface area contributed by atoms with Crippen molar-refractivity contribution in [3.05, 3.63) is 29.6 Å². The molecule has 1 aromatic carbocycles. The Kier molecular flexibility index (Phi) is 2.00. The van der Waals surface area contributed by atoms with Crippen LogP contribution in [-0.4, -0.2) is 15.2 Å². The van der Waals surface area contributed by atoms with Crippen LogP contribution in [0.5, 0.6) is 0 Å². The van der Waals surface area contributed by atoms with E-state index >= 15 is 0 Å². The van der Waals surface area contributed by atoms with Crippen LogP contribution in [0, 0.1) is 0 Å². The summed E-state index contributed by atoms with van der Waals surface area (Å²) in [7, 11) is 0. The van der Waals surface area contributed by atoms with Gasteiger partial charge >= 0.3 is 12.0 Å². The van der Waals surface area contributed by atoms with Gasteiger partial charge in [0, 0.05) is 0 Å². The minimum Gasteiger partial charge on any atom is -0.422 e. The summed E-state index contributed by atoms with van der Waals surface area (Å²) in [6.45, 7) is 0. The average Bonchev–Trinajstić information content (AvgIpc) is 2.88. The molecule has 0 unspecified atom stereocenters. The van der Waals surface area contributed by atoms with Gasteiger partial charge in [0.1, 0.15) is 5.52 Å². The third-order valence-corrected chi connectivity index (χ3v) is 2.24. The molecule has 0 aliphatic heterocycles.